The van der Waals surface area contributed by atoms with Gasteiger partial charge in [0.25, 0.3) is 0 Å². The van der Waals surface area contributed by atoms with E-state index in [4.69, 9.17) is 16.7 Å². The molecular weight excluding hydrogens is 372 g/mol. The molecule has 1 amide bonds. The number of aliphatic carboxylic acids is 1. The van der Waals surface area contributed by atoms with Gasteiger partial charge in [-0.3, -0.25) is 9.59 Å². The van der Waals surface area contributed by atoms with Gasteiger partial charge in [0.2, 0.25) is 5.91 Å². The number of carbonyl (C=O) groups is 2. The molecule has 1 fully saturated rings. The maximum atomic E-state index is 12.2. The normalized spacial score (nSPS) is 19.9. The van der Waals surface area contributed by atoms with Gasteiger partial charge in [-0.2, -0.15) is 0 Å². The topological polar surface area (TPSA) is 79.3 Å². The number of carbonyl (C=O) groups excluding carboxylic acids is 1. The van der Waals surface area contributed by atoms with Gasteiger partial charge in [0.15, 0.2) is 0 Å². The van der Waals surface area contributed by atoms with E-state index < -0.39 is 5.97 Å². The van der Waals surface area contributed by atoms with Crippen LogP contribution in [0.2, 0.25) is 5.02 Å². The van der Waals surface area contributed by atoms with Crippen molar-refractivity contribution in [3.8, 4) is 10.6 Å². The van der Waals surface area contributed by atoms with Gasteiger partial charge in [0, 0.05) is 17.5 Å². The number of halogens is 1. The first kappa shape index (κ1) is 18.9. The summed E-state index contributed by atoms with van der Waals surface area (Å²) < 4.78 is 0. The van der Waals surface area contributed by atoms with E-state index in [0.717, 1.165) is 29.1 Å². The standard InChI is InChI=1S/C19H21ClN2O3S/c20-16-4-2-1-3-15(16)18-22-14(11-26-18)9-17(23)21-10-12-5-7-13(8-6-12)19(24)25/h1-4,11-13H,5-10H2,(H,21,23)(H,24,25). The molecule has 1 aliphatic carbocycles. The minimum Gasteiger partial charge on any atom is -0.481 e. The molecule has 0 aliphatic heterocycles. The summed E-state index contributed by atoms with van der Waals surface area (Å²) in [6.07, 6.45) is 3.34. The summed E-state index contributed by atoms with van der Waals surface area (Å²) >= 11 is 7.67. The first-order valence-electron chi connectivity index (χ1n) is 8.71. The van der Waals surface area contributed by atoms with E-state index in [1.165, 1.54) is 11.3 Å². The van der Waals surface area contributed by atoms with Crippen molar-refractivity contribution in [3.63, 3.8) is 0 Å². The first-order valence-corrected chi connectivity index (χ1v) is 9.97. The van der Waals surface area contributed by atoms with Crippen LogP contribution < -0.4 is 5.32 Å². The highest BCUT2D eigenvalue weighted by Gasteiger charge is 2.26. The van der Waals surface area contributed by atoms with Gasteiger partial charge >= 0.3 is 5.97 Å². The Bertz CT molecular complexity index is 785. The van der Waals surface area contributed by atoms with Gasteiger partial charge in [-0.1, -0.05) is 29.8 Å². The van der Waals surface area contributed by atoms with Crippen LogP contribution in [0.4, 0.5) is 0 Å². The maximum Gasteiger partial charge on any atom is 0.306 e. The number of thiazole rings is 1. The van der Waals surface area contributed by atoms with Crippen LogP contribution in [-0.4, -0.2) is 28.5 Å². The van der Waals surface area contributed by atoms with E-state index >= 15 is 0 Å². The summed E-state index contributed by atoms with van der Waals surface area (Å²) in [5.74, 6) is -0.615. The Morgan fingerprint density at radius 2 is 1.96 bits per heavy atom. The number of carboxylic acids is 1. The summed E-state index contributed by atoms with van der Waals surface area (Å²) in [6.45, 7) is 0.604. The molecule has 2 aromatic rings. The predicted molar refractivity (Wildman–Crippen MR) is 102 cm³/mol. The van der Waals surface area contributed by atoms with E-state index in [-0.39, 0.29) is 18.2 Å². The number of hydrogen-bond donors (Lipinski definition) is 2. The minimum absolute atomic E-state index is 0.0543. The molecule has 1 aromatic carbocycles. The SMILES string of the molecule is O=C(Cc1csc(-c2ccccc2Cl)n1)NCC1CCC(C(=O)O)CC1. The fourth-order valence-electron chi connectivity index (χ4n) is 3.25. The van der Waals surface area contributed by atoms with Crippen molar-refractivity contribution < 1.29 is 14.7 Å². The Morgan fingerprint density at radius 1 is 1.23 bits per heavy atom. The Kier molecular flexibility index (Phi) is 6.27. The van der Waals surface area contributed by atoms with Gasteiger partial charge in [0.05, 0.1) is 23.1 Å². The smallest absolute Gasteiger partial charge is 0.306 e. The highest BCUT2D eigenvalue weighted by atomic mass is 35.5. The number of nitrogens with zero attached hydrogens (tertiary/aromatic N) is 1. The number of benzene rings is 1. The molecule has 1 heterocycles. The summed E-state index contributed by atoms with van der Waals surface area (Å²) in [7, 11) is 0. The molecule has 1 saturated carbocycles. The van der Waals surface area contributed by atoms with Crippen molar-refractivity contribution in [2.45, 2.75) is 32.1 Å². The molecule has 1 aromatic heterocycles. The lowest BCUT2D eigenvalue weighted by atomic mass is 9.82. The summed E-state index contributed by atoms with van der Waals surface area (Å²) in [5, 5.41) is 15.3. The van der Waals surface area contributed by atoms with E-state index in [1.807, 2.05) is 29.6 Å². The summed E-state index contributed by atoms with van der Waals surface area (Å²) in [6, 6.07) is 7.52. The molecule has 3 rings (SSSR count). The maximum absolute atomic E-state index is 12.2. The number of carboxylic acid groups (broad SMARTS) is 1. The summed E-state index contributed by atoms with van der Waals surface area (Å²) in [5.41, 5.74) is 1.61. The van der Waals surface area contributed by atoms with Crippen LogP contribution in [0.1, 0.15) is 31.4 Å². The number of hydrogen-bond acceptors (Lipinski definition) is 4. The molecule has 0 spiro atoms. The Balaban J connectivity index is 1.47. The third kappa shape index (κ3) is 4.83. The lowest BCUT2D eigenvalue weighted by molar-refractivity contribution is -0.143. The third-order valence-electron chi connectivity index (χ3n) is 4.78. The molecule has 0 unspecified atom stereocenters. The average molecular weight is 393 g/mol. The van der Waals surface area contributed by atoms with Crippen LogP contribution in [-0.2, 0) is 16.0 Å². The number of amides is 1. The zero-order valence-corrected chi connectivity index (χ0v) is 15.9. The van der Waals surface area contributed by atoms with Crippen molar-refractivity contribution in [3.05, 3.63) is 40.4 Å². The highest BCUT2D eigenvalue weighted by molar-refractivity contribution is 7.13. The largest absolute Gasteiger partial charge is 0.481 e. The molecule has 1 aliphatic rings. The molecule has 0 radical (unpaired) electrons. The zero-order chi connectivity index (χ0) is 18.5. The van der Waals surface area contributed by atoms with E-state index in [2.05, 4.69) is 10.3 Å². The Hall–Kier alpha value is -1.92. The number of rotatable bonds is 6. The first-order chi connectivity index (χ1) is 12.5. The van der Waals surface area contributed by atoms with E-state index in [0.29, 0.717) is 30.3 Å². The minimum atomic E-state index is -0.703. The molecule has 138 valence electrons. The average Bonchev–Trinajstić information content (AvgIpc) is 3.09. The quantitative estimate of drug-likeness (QED) is 0.778. The molecule has 0 atom stereocenters. The van der Waals surface area contributed by atoms with E-state index in [9.17, 15) is 9.59 Å². The van der Waals surface area contributed by atoms with Crippen molar-refractivity contribution in [2.24, 2.45) is 11.8 Å². The van der Waals surface area contributed by atoms with Gasteiger partial charge < -0.3 is 10.4 Å². The fourth-order valence-corrected chi connectivity index (χ4v) is 4.39. The second kappa shape index (κ2) is 8.64. The van der Waals surface area contributed by atoms with Crippen molar-refractivity contribution in [1.82, 2.24) is 10.3 Å². The molecule has 5 nitrogen and oxygen atoms in total. The van der Waals surface area contributed by atoms with Gasteiger partial charge in [0.1, 0.15) is 5.01 Å². The Morgan fingerprint density at radius 3 is 2.65 bits per heavy atom. The van der Waals surface area contributed by atoms with Crippen LogP contribution in [0, 0.1) is 11.8 Å². The van der Waals surface area contributed by atoms with Crippen LogP contribution in [0.5, 0.6) is 0 Å². The number of nitrogens with one attached hydrogen (secondary N) is 1. The summed E-state index contributed by atoms with van der Waals surface area (Å²) in [4.78, 5) is 27.7. The third-order valence-corrected chi connectivity index (χ3v) is 6.04. The molecular formula is C19H21ClN2O3S. The Labute approximate surface area is 161 Å². The fraction of sp³-hybridized carbons (Fsp3) is 0.421. The monoisotopic (exact) mass is 392 g/mol. The molecule has 2 N–H and O–H groups in total. The number of aromatic nitrogens is 1. The molecule has 0 bridgehead atoms. The van der Waals surface area contributed by atoms with Crippen molar-refractivity contribution in [2.75, 3.05) is 6.54 Å². The second-order valence-corrected chi connectivity index (χ2v) is 7.93. The molecule has 7 heteroatoms. The van der Waals surface area contributed by atoms with Gasteiger partial charge in [-0.05, 0) is 37.7 Å². The van der Waals surface area contributed by atoms with Crippen molar-refractivity contribution >= 4 is 34.8 Å². The lowest BCUT2D eigenvalue weighted by Crippen LogP contribution is -2.33. The second-order valence-electron chi connectivity index (χ2n) is 6.66. The van der Waals surface area contributed by atoms with Crippen LogP contribution >= 0.6 is 22.9 Å². The molecule has 26 heavy (non-hydrogen) atoms. The van der Waals surface area contributed by atoms with Crippen LogP contribution in [0.3, 0.4) is 0 Å². The van der Waals surface area contributed by atoms with Crippen LogP contribution in [0.25, 0.3) is 10.6 Å². The predicted octanol–water partition coefficient (Wildman–Crippen LogP) is 4.01. The zero-order valence-electron chi connectivity index (χ0n) is 14.3. The van der Waals surface area contributed by atoms with Gasteiger partial charge in [-0.15, -0.1) is 11.3 Å². The highest BCUT2D eigenvalue weighted by Crippen LogP contribution is 2.30. The van der Waals surface area contributed by atoms with E-state index in [1.54, 1.807) is 0 Å². The van der Waals surface area contributed by atoms with Crippen LogP contribution in [0.15, 0.2) is 29.6 Å². The molecule has 0 saturated heterocycles. The van der Waals surface area contributed by atoms with Crippen molar-refractivity contribution in [1.29, 1.82) is 0 Å². The lowest BCUT2D eigenvalue weighted by Gasteiger charge is -2.26. The van der Waals surface area contributed by atoms with Gasteiger partial charge in [-0.25, -0.2) is 4.98 Å².